The predicted molar refractivity (Wildman–Crippen MR) is 132 cm³/mol. The summed E-state index contributed by atoms with van der Waals surface area (Å²) in [6.45, 7) is 6.78. The van der Waals surface area contributed by atoms with Gasteiger partial charge in [0.1, 0.15) is 17.7 Å². The molecule has 0 spiro atoms. The summed E-state index contributed by atoms with van der Waals surface area (Å²) in [6, 6.07) is 3.66. The van der Waals surface area contributed by atoms with Crippen LogP contribution in [-0.4, -0.2) is 56.8 Å². The Morgan fingerprint density at radius 1 is 1.31 bits per heavy atom. The van der Waals surface area contributed by atoms with Crippen LogP contribution in [0.5, 0.6) is 5.75 Å². The summed E-state index contributed by atoms with van der Waals surface area (Å²) in [6.07, 6.45) is 5.21. The molecule has 0 aliphatic heterocycles. The Kier molecular flexibility index (Phi) is 7.63. The molecule has 2 aliphatic rings. The normalized spacial score (nSPS) is 23.5. The summed E-state index contributed by atoms with van der Waals surface area (Å²) in [7, 11) is 1.77. The van der Waals surface area contributed by atoms with Crippen LogP contribution < -0.4 is 10.1 Å². The van der Waals surface area contributed by atoms with Crippen LogP contribution in [0.15, 0.2) is 12.1 Å². The molecule has 36 heavy (non-hydrogen) atoms. The fourth-order valence-electron chi connectivity index (χ4n) is 5.51. The van der Waals surface area contributed by atoms with Crippen molar-refractivity contribution in [1.82, 2.24) is 25.3 Å². The van der Waals surface area contributed by atoms with Crippen molar-refractivity contribution in [3.05, 3.63) is 23.5 Å². The van der Waals surface area contributed by atoms with Gasteiger partial charge in [-0.25, -0.2) is 14.5 Å². The molecule has 2 aromatic heterocycles. The molecular weight excluding hydrogens is 462 g/mol. The zero-order valence-electron chi connectivity index (χ0n) is 21.6. The average molecular weight is 500 g/mol. The van der Waals surface area contributed by atoms with Gasteiger partial charge in [-0.2, -0.15) is 0 Å². The summed E-state index contributed by atoms with van der Waals surface area (Å²) < 4.78 is 13.2. The van der Waals surface area contributed by atoms with Crippen molar-refractivity contribution in [1.29, 1.82) is 0 Å². The minimum Gasteiger partial charge on any atom is -0.488 e. The molecule has 0 bridgehead atoms. The van der Waals surface area contributed by atoms with Gasteiger partial charge in [0.25, 0.3) is 0 Å². The summed E-state index contributed by atoms with van der Waals surface area (Å²) in [4.78, 5) is 28.4. The first-order valence-corrected chi connectivity index (χ1v) is 12.6. The van der Waals surface area contributed by atoms with Crippen molar-refractivity contribution in [2.45, 2.75) is 71.9 Å². The number of amides is 1. The minimum absolute atomic E-state index is 0.157. The minimum atomic E-state index is -0.721. The molecule has 0 radical (unpaired) electrons. The van der Waals surface area contributed by atoms with Crippen LogP contribution in [0.3, 0.4) is 0 Å². The quantitative estimate of drug-likeness (QED) is 0.503. The van der Waals surface area contributed by atoms with E-state index >= 15 is 0 Å². The van der Waals surface area contributed by atoms with E-state index in [2.05, 4.69) is 34.5 Å². The van der Waals surface area contributed by atoms with E-state index in [1.165, 1.54) is 0 Å². The number of rotatable bonds is 9. The maximum absolute atomic E-state index is 12.2. The summed E-state index contributed by atoms with van der Waals surface area (Å²) >= 11 is 0. The first-order valence-electron chi connectivity index (χ1n) is 12.6. The first kappa shape index (κ1) is 26.1. The van der Waals surface area contributed by atoms with Crippen molar-refractivity contribution in [3.8, 4) is 17.1 Å². The standard InChI is InChI=1S/C26H37N5O5/c1-17-22(36-19-6-5-9-26(12-19,15-32)16-33)8-7-20(28-17)23-21(31(4)30-29-23)13-27-24(34)35-14-18-10-25(2,3)11-18/h7-8,15,18-19,33H,5-6,9-14,16H2,1-4H3,(H,27,34)/t19-,26?/m0/s1. The number of pyridine rings is 1. The molecule has 2 aliphatic carbocycles. The smallest absolute Gasteiger partial charge is 0.407 e. The number of hydrogen-bond donors (Lipinski definition) is 2. The molecule has 4 rings (SSSR count). The number of nitrogens with one attached hydrogen (secondary N) is 1. The molecule has 2 fully saturated rings. The number of carbonyl (C=O) groups excluding carboxylic acids is 2. The number of alkyl carbamates (subject to hydrolysis) is 1. The molecule has 2 atom stereocenters. The Morgan fingerprint density at radius 2 is 2.08 bits per heavy atom. The molecule has 0 aromatic carbocycles. The van der Waals surface area contributed by atoms with Crippen molar-refractivity contribution in [2.24, 2.45) is 23.8 Å². The Hall–Kier alpha value is -3.01. The molecule has 0 saturated heterocycles. The number of aliphatic hydroxyl groups excluding tert-OH is 1. The highest BCUT2D eigenvalue weighted by Gasteiger charge is 2.37. The molecule has 1 unspecified atom stereocenters. The van der Waals surface area contributed by atoms with Gasteiger partial charge < -0.3 is 24.7 Å². The highest BCUT2D eigenvalue weighted by Crippen LogP contribution is 2.44. The molecule has 2 heterocycles. The second-order valence-corrected chi connectivity index (χ2v) is 11.2. The van der Waals surface area contributed by atoms with E-state index in [-0.39, 0.29) is 19.3 Å². The van der Waals surface area contributed by atoms with E-state index < -0.39 is 11.5 Å². The van der Waals surface area contributed by atoms with Crippen LogP contribution in [0.4, 0.5) is 4.79 Å². The monoisotopic (exact) mass is 499 g/mol. The van der Waals surface area contributed by atoms with Crippen molar-refractivity contribution in [2.75, 3.05) is 13.2 Å². The molecule has 196 valence electrons. The van der Waals surface area contributed by atoms with Crippen LogP contribution in [-0.2, 0) is 23.1 Å². The zero-order chi connectivity index (χ0) is 25.9. The van der Waals surface area contributed by atoms with Gasteiger partial charge in [0, 0.05) is 7.05 Å². The van der Waals surface area contributed by atoms with Gasteiger partial charge >= 0.3 is 6.09 Å². The lowest BCUT2D eigenvalue weighted by Crippen LogP contribution is -2.38. The van der Waals surface area contributed by atoms with Crippen molar-refractivity contribution in [3.63, 3.8) is 0 Å². The molecule has 10 nitrogen and oxygen atoms in total. The third-order valence-electron chi connectivity index (χ3n) is 7.45. The van der Waals surface area contributed by atoms with Gasteiger partial charge in [0.05, 0.1) is 48.4 Å². The lowest BCUT2D eigenvalue weighted by molar-refractivity contribution is -0.122. The van der Waals surface area contributed by atoms with E-state index in [1.807, 2.05) is 19.1 Å². The number of aliphatic hydroxyl groups is 1. The van der Waals surface area contributed by atoms with Crippen LogP contribution in [0.25, 0.3) is 11.4 Å². The second kappa shape index (κ2) is 10.5. The maximum Gasteiger partial charge on any atom is 0.407 e. The number of ether oxygens (including phenoxy) is 2. The van der Waals surface area contributed by atoms with Crippen LogP contribution in [0.1, 0.15) is 63.8 Å². The molecular formula is C26H37N5O5. The van der Waals surface area contributed by atoms with E-state index in [1.54, 1.807) is 11.7 Å². The molecule has 2 saturated carbocycles. The highest BCUT2D eigenvalue weighted by atomic mass is 16.5. The summed E-state index contributed by atoms with van der Waals surface area (Å²) in [5.74, 6) is 1.06. The van der Waals surface area contributed by atoms with Gasteiger partial charge in [0.2, 0.25) is 0 Å². The second-order valence-electron chi connectivity index (χ2n) is 11.2. The maximum atomic E-state index is 12.2. The first-order chi connectivity index (χ1) is 17.1. The average Bonchev–Trinajstić information content (AvgIpc) is 3.21. The van der Waals surface area contributed by atoms with Crippen molar-refractivity contribution >= 4 is 12.4 Å². The largest absolute Gasteiger partial charge is 0.488 e. The van der Waals surface area contributed by atoms with Gasteiger partial charge in [-0.15, -0.1) is 5.10 Å². The zero-order valence-corrected chi connectivity index (χ0v) is 21.6. The Morgan fingerprint density at radius 3 is 2.75 bits per heavy atom. The van der Waals surface area contributed by atoms with Gasteiger partial charge in [0.15, 0.2) is 0 Å². The third kappa shape index (κ3) is 5.86. The predicted octanol–water partition coefficient (Wildman–Crippen LogP) is 3.35. The fraction of sp³-hybridized carbons (Fsp3) is 0.654. The molecule has 2 N–H and O–H groups in total. The Bertz CT molecular complexity index is 1090. The number of aromatic nitrogens is 4. The lowest BCUT2D eigenvalue weighted by atomic mass is 9.65. The van der Waals surface area contributed by atoms with E-state index in [0.29, 0.717) is 59.3 Å². The number of aldehydes is 1. The fourth-order valence-corrected chi connectivity index (χ4v) is 5.51. The van der Waals surface area contributed by atoms with E-state index in [4.69, 9.17) is 9.47 Å². The highest BCUT2D eigenvalue weighted by molar-refractivity contribution is 5.68. The van der Waals surface area contributed by atoms with Gasteiger partial charge in [-0.1, -0.05) is 19.1 Å². The number of nitrogens with zero attached hydrogens (tertiary/aromatic N) is 4. The van der Waals surface area contributed by atoms with Crippen LogP contribution >= 0.6 is 0 Å². The van der Waals surface area contributed by atoms with E-state index in [0.717, 1.165) is 32.0 Å². The van der Waals surface area contributed by atoms with Crippen molar-refractivity contribution < 1.29 is 24.2 Å². The molecule has 2 aromatic rings. The van der Waals surface area contributed by atoms with Crippen LogP contribution in [0, 0.1) is 23.7 Å². The molecule has 10 heteroatoms. The number of aryl methyl sites for hydroxylation is 2. The summed E-state index contributed by atoms with van der Waals surface area (Å²) in [5.41, 5.74) is 2.22. The third-order valence-corrected chi connectivity index (χ3v) is 7.45. The Labute approximate surface area is 211 Å². The van der Waals surface area contributed by atoms with Crippen LogP contribution in [0.2, 0.25) is 0 Å². The van der Waals surface area contributed by atoms with Gasteiger partial charge in [-0.05, 0) is 68.9 Å². The molecule has 1 amide bonds. The number of carbonyl (C=O) groups is 2. The lowest BCUT2D eigenvalue weighted by Gasteiger charge is -2.42. The summed E-state index contributed by atoms with van der Waals surface area (Å²) in [5, 5.41) is 20.8. The SMILES string of the molecule is Cc1nc(-c2nnn(C)c2CNC(=O)OCC2CC(C)(C)C2)ccc1O[C@H]1CCCC(C=O)(CO)C1. The van der Waals surface area contributed by atoms with Gasteiger partial charge in [-0.3, -0.25) is 0 Å². The topological polar surface area (TPSA) is 128 Å². The van der Waals surface area contributed by atoms with E-state index in [9.17, 15) is 14.7 Å². The Balaban J connectivity index is 1.37. The number of hydrogen-bond acceptors (Lipinski definition) is 8.